The molecular formula is C18H20ClNO3. The fourth-order valence-corrected chi connectivity index (χ4v) is 2.34. The number of carbonyl (C=O) groups excluding carboxylic acids is 1. The first-order valence-corrected chi connectivity index (χ1v) is 7.63. The van der Waals surface area contributed by atoms with Gasteiger partial charge in [0.15, 0.2) is 6.61 Å². The minimum atomic E-state index is -0.0878. The summed E-state index contributed by atoms with van der Waals surface area (Å²) in [7, 11) is 3.38. The van der Waals surface area contributed by atoms with Crippen LogP contribution in [-0.2, 0) is 11.3 Å². The van der Waals surface area contributed by atoms with Crippen molar-refractivity contribution in [1.82, 2.24) is 4.90 Å². The molecule has 0 aliphatic rings. The highest BCUT2D eigenvalue weighted by atomic mass is 35.5. The molecule has 122 valence electrons. The molecule has 23 heavy (non-hydrogen) atoms. The Hall–Kier alpha value is -2.20. The third kappa shape index (κ3) is 4.89. The van der Waals surface area contributed by atoms with Crippen molar-refractivity contribution in [3.63, 3.8) is 0 Å². The lowest BCUT2D eigenvalue weighted by Gasteiger charge is -2.18. The zero-order valence-corrected chi connectivity index (χ0v) is 14.3. The zero-order chi connectivity index (χ0) is 16.8. The Morgan fingerprint density at radius 2 is 1.87 bits per heavy atom. The monoisotopic (exact) mass is 333 g/mol. The van der Waals surface area contributed by atoms with Gasteiger partial charge in [0, 0.05) is 18.6 Å². The number of hydrogen-bond donors (Lipinski definition) is 0. The molecule has 0 fully saturated rings. The standard InChI is InChI=1S/C18H20ClNO3/c1-13-10-15(19)6-9-17(13)23-12-18(21)20(2)11-14-4-7-16(22-3)8-5-14/h4-10H,11-12H2,1-3H3. The van der Waals surface area contributed by atoms with E-state index in [1.807, 2.05) is 37.3 Å². The van der Waals surface area contributed by atoms with E-state index in [4.69, 9.17) is 21.1 Å². The first-order valence-electron chi connectivity index (χ1n) is 7.25. The topological polar surface area (TPSA) is 38.8 Å². The van der Waals surface area contributed by atoms with Crippen LogP contribution in [0.5, 0.6) is 11.5 Å². The summed E-state index contributed by atoms with van der Waals surface area (Å²) in [5, 5.41) is 0.651. The summed E-state index contributed by atoms with van der Waals surface area (Å²) in [6.07, 6.45) is 0. The van der Waals surface area contributed by atoms with E-state index in [1.54, 1.807) is 31.2 Å². The Labute approximate surface area is 141 Å². The Bertz CT molecular complexity index is 670. The summed E-state index contributed by atoms with van der Waals surface area (Å²) in [6, 6.07) is 13.0. The van der Waals surface area contributed by atoms with Crippen LogP contribution in [0.3, 0.4) is 0 Å². The maximum absolute atomic E-state index is 12.2. The van der Waals surface area contributed by atoms with Crippen molar-refractivity contribution in [2.24, 2.45) is 0 Å². The average molecular weight is 334 g/mol. The van der Waals surface area contributed by atoms with Gasteiger partial charge in [0.2, 0.25) is 0 Å². The minimum absolute atomic E-state index is 0.00483. The summed E-state index contributed by atoms with van der Waals surface area (Å²) < 4.78 is 10.7. The number of rotatable bonds is 6. The summed E-state index contributed by atoms with van der Waals surface area (Å²) in [5.74, 6) is 1.38. The van der Waals surface area contributed by atoms with Crippen molar-refractivity contribution in [1.29, 1.82) is 0 Å². The van der Waals surface area contributed by atoms with Crippen molar-refractivity contribution in [2.75, 3.05) is 20.8 Å². The number of likely N-dealkylation sites (N-methyl/N-ethyl adjacent to an activating group) is 1. The molecule has 0 spiro atoms. The van der Waals surface area contributed by atoms with Crippen molar-refractivity contribution in [3.8, 4) is 11.5 Å². The second kappa shape index (κ2) is 7.88. The molecule has 0 N–H and O–H groups in total. The van der Waals surface area contributed by atoms with Crippen LogP contribution in [0, 0.1) is 6.92 Å². The average Bonchev–Trinajstić information content (AvgIpc) is 2.54. The lowest BCUT2D eigenvalue weighted by molar-refractivity contribution is -0.132. The van der Waals surface area contributed by atoms with E-state index in [1.165, 1.54) is 0 Å². The lowest BCUT2D eigenvalue weighted by atomic mass is 10.2. The fraction of sp³-hybridized carbons (Fsp3) is 0.278. The van der Waals surface area contributed by atoms with E-state index in [-0.39, 0.29) is 12.5 Å². The predicted octanol–water partition coefficient (Wildman–Crippen LogP) is 3.69. The van der Waals surface area contributed by atoms with Gasteiger partial charge in [-0.3, -0.25) is 4.79 Å². The van der Waals surface area contributed by atoms with E-state index >= 15 is 0 Å². The summed E-state index contributed by atoms with van der Waals surface area (Å²) in [4.78, 5) is 13.8. The number of aryl methyl sites for hydroxylation is 1. The normalized spacial score (nSPS) is 10.3. The van der Waals surface area contributed by atoms with Crippen LogP contribution in [0.15, 0.2) is 42.5 Å². The second-order valence-electron chi connectivity index (χ2n) is 5.30. The molecule has 0 heterocycles. The maximum atomic E-state index is 12.2. The first-order chi connectivity index (χ1) is 11.0. The molecule has 1 amide bonds. The maximum Gasteiger partial charge on any atom is 0.260 e. The van der Waals surface area contributed by atoms with Crippen LogP contribution >= 0.6 is 11.6 Å². The number of amides is 1. The quantitative estimate of drug-likeness (QED) is 0.809. The Balaban J connectivity index is 1.89. The third-order valence-corrected chi connectivity index (χ3v) is 3.73. The van der Waals surface area contributed by atoms with Crippen LogP contribution in [0.2, 0.25) is 5.02 Å². The third-order valence-electron chi connectivity index (χ3n) is 3.49. The van der Waals surface area contributed by atoms with Crippen molar-refractivity contribution >= 4 is 17.5 Å². The number of carbonyl (C=O) groups is 1. The van der Waals surface area contributed by atoms with Gasteiger partial charge >= 0.3 is 0 Å². The van der Waals surface area contributed by atoms with Crippen LogP contribution in [0.4, 0.5) is 0 Å². The van der Waals surface area contributed by atoms with Gasteiger partial charge in [-0.25, -0.2) is 0 Å². The number of nitrogens with zero attached hydrogens (tertiary/aromatic N) is 1. The summed E-state index contributed by atoms with van der Waals surface area (Å²) in [6.45, 7) is 2.41. The van der Waals surface area contributed by atoms with E-state index in [0.29, 0.717) is 17.3 Å². The highest BCUT2D eigenvalue weighted by Gasteiger charge is 2.11. The summed E-state index contributed by atoms with van der Waals surface area (Å²) >= 11 is 5.90. The molecule has 5 heteroatoms. The Kier molecular flexibility index (Phi) is 5.88. The van der Waals surface area contributed by atoms with E-state index in [9.17, 15) is 4.79 Å². The highest BCUT2D eigenvalue weighted by Crippen LogP contribution is 2.21. The number of benzene rings is 2. The van der Waals surface area contributed by atoms with Crippen molar-refractivity contribution < 1.29 is 14.3 Å². The highest BCUT2D eigenvalue weighted by molar-refractivity contribution is 6.30. The van der Waals surface area contributed by atoms with Gasteiger partial charge in [-0.1, -0.05) is 23.7 Å². The first kappa shape index (κ1) is 17.2. The molecule has 0 saturated heterocycles. The van der Waals surface area contributed by atoms with Gasteiger partial charge in [-0.05, 0) is 48.4 Å². The molecule has 0 atom stereocenters. The van der Waals surface area contributed by atoms with E-state index < -0.39 is 0 Å². The van der Waals surface area contributed by atoms with Crippen molar-refractivity contribution in [3.05, 3.63) is 58.6 Å². The Morgan fingerprint density at radius 1 is 1.17 bits per heavy atom. The summed E-state index contributed by atoms with van der Waals surface area (Å²) in [5.41, 5.74) is 1.94. The number of halogens is 1. The second-order valence-corrected chi connectivity index (χ2v) is 5.73. The van der Waals surface area contributed by atoms with Gasteiger partial charge in [0.1, 0.15) is 11.5 Å². The molecule has 0 aliphatic carbocycles. The molecule has 0 radical (unpaired) electrons. The van der Waals surface area contributed by atoms with E-state index in [2.05, 4.69) is 0 Å². The smallest absolute Gasteiger partial charge is 0.260 e. The van der Waals surface area contributed by atoms with Crippen LogP contribution in [0.25, 0.3) is 0 Å². The van der Waals surface area contributed by atoms with Crippen molar-refractivity contribution in [2.45, 2.75) is 13.5 Å². The van der Waals surface area contributed by atoms with Gasteiger partial charge in [-0.2, -0.15) is 0 Å². The minimum Gasteiger partial charge on any atom is -0.497 e. The number of ether oxygens (including phenoxy) is 2. The molecule has 0 bridgehead atoms. The van der Waals surface area contributed by atoms with E-state index in [0.717, 1.165) is 16.9 Å². The molecule has 2 aromatic carbocycles. The van der Waals surface area contributed by atoms with Crippen LogP contribution < -0.4 is 9.47 Å². The fourth-order valence-electron chi connectivity index (χ4n) is 2.12. The molecule has 0 unspecified atom stereocenters. The SMILES string of the molecule is COc1ccc(CN(C)C(=O)COc2ccc(Cl)cc2C)cc1. The molecular weight excluding hydrogens is 314 g/mol. The van der Waals surface area contributed by atoms with Gasteiger partial charge in [0.05, 0.1) is 7.11 Å². The lowest BCUT2D eigenvalue weighted by Crippen LogP contribution is -2.31. The van der Waals surface area contributed by atoms with Gasteiger partial charge in [0.25, 0.3) is 5.91 Å². The van der Waals surface area contributed by atoms with Gasteiger partial charge in [-0.15, -0.1) is 0 Å². The number of methoxy groups -OCH3 is 1. The molecule has 2 aromatic rings. The van der Waals surface area contributed by atoms with Crippen LogP contribution in [0.1, 0.15) is 11.1 Å². The molecule has 0 saturated carbocycles. The van der Waals surface area contributed by atoms with Gasteiger partial charge < -0.3 is 14.4 Å². The molecule has 2 rings (SSSR count). The molecule has 0 aromatic heterocycles. The number of hydrogen-bond acceptors (Lipinski definition) is 3. The largest absolute Gasteiger partial charge is 0.497 e. The molecule has 0 aliphatic heterocycles. The predicted molar refractivity (Wildman–Crippen MR) is 91.2 cm³/mol. The van der Waals surface area contributed by atoms with Crippen LogP contribution in [-0.4, -0.2) is 31.6 Å². The molecule has 4 nitrogen and oxygen atoms in total. The zero-order valence-electron chi connectivity index (χ0n) is 13.5. The Morgan fingerprint density at radius 3 is 2.48 bits per heavy atom.